The maximum Gasteiger partial charge on any atom is 0.207 e. The number of methoxy groups -OCH3 is 1. The lowest BCUT2D eigenvalue weighted by Crippen LogP contribution is -2.21. The van der Waals surface area contributed by atoms with Crippen LogP contribution in [0.25, 0.3) is 20.2 Å². The first-order valence-electron chi connectivity index (χ1n) is 8.67. The number of nitrogens with one attached hydrogen (secondary N) is 2. The second-order valence-electron chi connectivity index (χ2n) is 6.50. The zero-order chi connectivity index (χ0) is 19.4. The Morgan fingerprint density at radius 1 is 1.22 bits per heavy atom. The molecule has 2 aromatic carbocycles. The van der Waals surface area contributed by atoms with Gasteiger partial charge < -0.3 is 20.3 Å². The molecule has 0 unspecified atom stereocenters. The van der Waals surface area contributed by atoms with E-state index in [-0.39, 0.29) is 5.43 Å². The molecule has 0 saturated heterocycles. The summed E-state index contributed by atoms with van der Waals surface area (Å²) < 4.78 is 7.07. The van der Waals surface area contributed by atoms with E-state index in [1.807, 2.05) is 38.4 Å². The van der Waals surface area contributed by atoms with Crippen LogP contribution in [0.2, 0.25) is 0 Å². The van der Waals surface area contributed by atoms with E-state index in [0.29, 0.717) is 29.5 Å². The number of benzene rings is 2. The molecule has 1 aromatic heterocycles. The molecule has 1 heterocycles. The molecule has 3 aromatic rings. The summed E-state index contributed by atoms with van der Waals surface area (Å²) in [4.78, 5) is 26.1. The van der Waals surface area contributed by atoms with Crippen molar-refractivity contribution in [3.63, 3.8) is 0 Å². The van der Waals surface area contributed by atoms with Gasteiger partial charge in [0.05, 0.1) is 12.5 Å². The van der Waals surface area contributed by atoms with Crippen LogP contribution in [0.15, 0.2) is 35.1 Å². The van der Waals surface area contributed by atoms with Gasteiger partial charge in [-0.2, -0.15) is 0 Å². The van der Waals surface area contributed by atoms with Crippen LogP contribution in [0.4, 0.5) is 5.69 Å². The summed E-state index contributed by atoms with van der Waals surface area (Å²) in [6.07, 6.45) is 0.670. The number of carbonyl (C=O) groups excluding carboxylic acids is 1. The smallest absolute Gasteiger partial charge is 0.207 e. The number of nitrogens with zero attached hydrogens (tertiary/aromatic N) is 1. The highest BCUT2D eigenvalue weighted by Gasteiger charge is 2.14. The molecule has 0 bridgehead atoms. The summed E-state index contributed by atoms with van der Waals surface area (Å²) in [5.74, 6) is 0.659. The van der Waals surface area contributed by atoms with Gasteiger partial charge >= 0.3 is 0 Å². The lowest BCUT2D eigenvalue weighted by molar-refractivity contribution is -0.109. The predicted octanol–water partition coefficient (Wildman–Crippen LogP) is 2.64. The Morgan fingerprint density at radius 3 is 2.74 bits per heavy atom. The van der Waals surface area contributed by atoms with Gasteiger partial charge in [0, 0.05) is 40.1 Å². The molecule has 142 valence electrons. The van der Waals surface area contributed by atoms with Crippen molar-refractivity contribution >= 4 is 43.6 Å². The van der Waals surface area contributed by atoms with Gasteiger partial charge in [-0.3, -0.25) is 9.59 Å². The average molecular weight is 385 g/mol. The Kier molecular flexibility index (Phi) is 5.93. The third kappa shape index (κ3) is 4.04. The van der Waals surface area contributed by atoms with Gasteiger partial charge in [0.1, 0.15) is 5.75 Å². The predicted molar refractivity (Wildman–Crippen MR) is 112 cm³/mol. The number of rotatable bonds is 8. The van der Waals surface area contributed by atoms with Gasteiger partial charge in [-0.25, -0.2) is 0 Å². The van der Waals surface area contributed by atoms with Crippen molar-refractivity contribution < 1.29 is 9.53 Å². The highest BCUT2D eigenvalue weighted by Crippen LogP contribution is 2.33. The molecule has 0 aliphatic carbocycles. The van der Waals surface area contributed by atoms with Crippen LogP contribution in [0.3, 0.4) is 0 Å². The lowest BCUT2D eigenvalue weighted by atomic mass is 10.1. The van der Waals surface area contributed by atoms with Gasteiger partial charge in [0.2, 0.25) is 6.41 Å². The Hall–Kier alpha value is -2.64. The summed E-state index contributed by atoms with van der Waals surface area (Å²) in [6.45, 7) is 1.97. The van der Waals surface area contributed by atoms with Crippen molar-refractivity contribution in [1.82, 2.24) is 10.2 Å². The van der Waals surface area contributed by atoms with Crippen molar-refractivity contribution in [2.45, 2.75) is 6.54 Å². The third-order valence-corrected chi connectivity index (χ3v) is 5.61. The van der Waals surface area contributed by atoms with E-state index in [1.54, 1.807) is 24.5 Å². The van der Waals surface area contributed by atoms with Crippen LogP contribution < -0.4 is 20.8 Å². The van der Waals surface area contributed by atoms with Crippen LogP contribution in [-0.2, 0) is 11.3 Å². The summed E-state index contributed by atoms with van der Waals surface area (Å²) in [5, 5.41) is 7.38. The lowest BCUT2D eigenvalue weighted by Gasteiger charge is -2.15. The fourth-order valence-electron chi connectivity index (χ4n) is 2.97. The molecule has 0 saturated carbocycles. The van der Waals surface area contributed by atoms with Crippen LogP contribution in [-0.4, -0.2) is 45.6 Å². The first-order valence-corrected chi connectivity index (χ1v) is 9.49. The standard InChI is InChI=1S/C20H23N3O3S/c1-23(2)9-8-22-16-6-4-13(11-21-12-24)20-18(16)19(25)15-10-14(26-3)5-7-17(15)27-20/h4-7,10,12,22H,8-9,11H2,1-3H3,(H,21,24). The van der Waals surface area contributed by atoms with E-state index in [0.717, 1.165) is 33.7 Å². The van der Waals surface area contributed by atoms with Gasteiger partial charge in [-0.1, -0.05) is 6.07 Å². The molecule has 1 amide bonds. The minimum Gasteiger partial charge on any atom is -0.497 e. The maximum absolute atomic E-state index is 13.3. The van der Waals surface area contributed by atoms with E-state index in [4.69, 9.17) is 4.74 Å². The van der Waals surface area contributed by atoms with Crippen LogP contribution in [0.5, 0.6) is 5.75 Å². The molecule has 7 heteroatoms. The van der Waals surface area contributed by atoms with Crippen molar-refractivity contribution in [2.75, 3.05) is 39.6 Å². The summed E-state index contributed by atoms with van der Waals surface area (Å²) in [6, 6.07) is 9.42. The van der Waals surface area contributed by atoms with Crippen molar-refractivity contribution in [3.05, 3.63) is 46.1 Å². The van der Waals surface area contributed by atoms with Crippen LogP contribution in [0.1, 0.15) is 5.56 Å². The number of likely N-dealkylation sites (N-methyl/N-ethyl adjacent to an activating group) is 1. The highest BCUT2D eigenvalue weighted by atomic mass is 32.1. The van der Waals surface area contributed by atoms with Gasteiger partial charge in [0.25, 0.3) is 0 Å². The van der Waals surface area contributed by atoms with Gasteiger partial charge in [-0.05, 0) is 43.9 Å². The van der Waals surface area contributed by atoms with Gasteiger partial charge in [-0.15, -0.1) is 11.3 Å². The van der Waals surface area contributed by atoms with E-state index in [2.05, 4.69) is 15.5 Å². The van der Waals surface area contributed by atoms with Crippen LogP contribution >= 0.6 is 11.3 Å². The summed E-state index contributed by atoms with van der Waals surface area (Å²) in [7, 11) is 5.61. The van der Waals surface area contributed by atoms with E-state index in [9.17, 15) is 9.59 Å². The summed E-state index contributed by atoms with van der Waals surface area (Å²) in [5.41, 5.74) is 1.71. The number of hydrogen-bond acceptors (Lipinski definition) is 6. The zero-order valence-corrected chi connectivity index (χ0v) is 16.5. The fraction of sp³-hybridized carbons (Fsp3) is 0.300. The minimum atomic E-state index is -0.0297. The number of fused-ring (bicyclic) bond motifs is 2. The third-order valence-electron chi connectivity index (χ3n) is 4.36. The van der Waals surface area contributed by atoms with Crippen molar-refractivity contribution in [3.8, 4) is 5.75 Å². The van der Waals surface area contributed by atoms with E-state index in [1.165, 1.54) is 0 Å². The van der Waals surface area contributed by atoms with E-state index < -0.39 is 0 Å². The van der Waals surface area contributed by atoms with E-state index >= 15 is 0 Å². The first kappa shape index (κ1) is 19.1. The molecule has 0 aliphatic rings. The average Bonchev–Trinajstić information content (AvgIpc) is 2.66. The molecule has 0 radical (unpaired) electrons. The second kappa shape index (κ2) is 8.37. The maximum atomic E-state index is 13.3. The first-order chi connectivity index (χ1) is 13.0. The summed E-state index contributed by atoms with van der Waals surface area (Å²) >= 11 is 1.55. The molecule has 27 heavy (non-hydrogen) atoms. The SMILES string of the molecule is COc1ccc2sc3c(CNC=O)ccc(NCCN(C)C)c3c(=O)c2c1. The number of ether oxygens (including phenoxy) is 1. The quantitative estimate of drug-likeness (QED) is 0.461. The number of amides is 1. The molecule has 0 spiro atoms. The molecule has 6 nitrogen and oxygen atoms in total. The molecular weight excluding hydrogens is 362 g/mol. The van der Waals surface area contributed by atoms with Gasteiger partial charge in [0.15, 0.2) is 5.43 Å². The Balaban J connectivity index is 2.21. The molecule has 0 aliphatic heterocycles. The largest absolute Gasteiger partial charge is 0.497 e. The second-order valence-corrected chi connectivity index (χ2v) is 7.55. The van der Waals surface area contributed by atoms with Crippen LogP contribution in [0, 0.1) is 0 Å². The molecular formula is C20H23N3O3S. The monoisotopic (exact) mass is 385 g/mol. The number of anilines is 1. The normalized spacial score (nSPS) is 11.1. The molecule has 0 atom stereocenters. The highest BCUT2D eigenvalue weighted by molar-refractivity contribution is 7.24. The van der Waals surface area contributed by atoms with Crippen molar-refractivity contribution in [1.29, 1.82) is 0 Å². The Labute approximate surface area is 161 Å². The topological polar surface area (TPSA) is 70.7 Å². The fourth-order valence-corrected chi connectivity index (χ4v) is 4.16. The molecule has 0 fully saturated rings. The molecule has 3 rings (SSSR count). The minimum absolute atomic E-state index is 0.0297. The number of carbonyl (C=O) groups is 1. The zero-order valence-electron chi connectivity index (χ0n) is 15.7. The van der Waals surface area contributed by atoms with Crippen molar-refractivity contribution in [2.24, 2.45) is 0 Å². The molecule has 2 N–H and O–H groups in total. The number of hydrogen-bond donors (Lipinski definition) is 2. The Morgan fingerprint density at radius 2 is 2.04 bits per heavy atom. The Bertz CT molecular complexity index is 1030.